The van der Waals surface area contributed by atoms with E-state index in [-0.39, 0.29) is 18.0 Å². The maximum absolute atomic E-state index is 11.6. The van der Waals surface area contributed by atoms with E-state index < -0.39 is 5.97 Å². The summed E-state index contributed by atoms with van der Waals surface area (Å²) in [5, 5.41) is 0. The molecule has 0 saturated heterocycles. The molecule has 0 fully saturated rings. The molecule has 0 aliphatic carbocycles. The normalized spacial score (nSPS) is 9.59. The molecule has 0 atom stereocenters. The second-order valence-electron chi connectivity index (χ2n) is 3.38. The van der Waals surface area contributed by atoms with Gasteiger partial charge in [0.25, 0.3) is 0 Å². The molecule has 0 radical (unpaired) electrons. The van der Waals surface area contributed by atoms with Gasteiger partial charge in [0.1, 0.15) is 18.1 Å². The van der Waals surface area contributed by atoms with Crippen molar-refractivity contribution in [2.24, 2.45) is 0 Å². The van der Waals surface area contributed by atoms with Crippen LogP contribution in [-0.2, 0) is 9.53 Å². The number of hydrogen-bond acceptors (Lipinski definition) is 5. The number of carbonyl (C=O) groups excluding carboxylic acids is 2. The van der Waals surface area contributed by atoms with Crippen molar-refractivity contribution in [1.29, 1.82) is 0 Å². The van der Waals surface area contributed by atoms with Crippen molar-refractivity contribution in [1.82, 2.24) is 0 Å². The summed E-state index contributed by atoms with van der Waals surface area (Å²) in [6.45, 7) is 1.11. The van der Waals surface area contributed by atoms with Gasteiger partial charge in [0.05, 0.1) is 19.8 Å². The third-order valence-corrected chi connectivity index (χ3v) is 1.99. The van der Waals surface area contributed by atoms with E-state index in [4.69, 9.17) is 14.2 Å². The molecule has 1 aromatic carbocycles. The van der Waals surface area contributed by atoms with Crippen molar-refractivity contribution < 1.29 is 23.8 Å². The number of ether oxygens (including phenoxy) is 3. The van der Waals surface area contributed by atoms with Crippen molar-refractivity contribution in [2.45, 2.75) is 6.92 Å². The van der Waals surface area contributed by atoms with Crippen molar-refractivity contribution in [3.63, 3.8) is 0 Å². The standard InChI is InChI=1S/C12H14O5/c1-8(13)7-17-12(14)9-4-10(15-2)6-11(5-9)16-3/h4-6H,7H2,1-3H3. The minimum Gasteiger partial charge on any atom is -0.497 e. The second-order valence-corrected chi connectivity index (χ2v) is 3.38. The third-order valence-electron chi connectivity index (χ3n) is 1.99. The van der Waals surface area contributed by atoms with Crippen LogP contribution in [0.15, 0.2) is 18.2 Å². The summed E-state index contributed by atoms with van der Waals surface area (Å²) >= 11 is 0. The average molecular weight is 238 g/mol. The lowest BCUT2D eigenvalue weighted by molar-refractivity contribution is -0.120. The third kappa shape index (κ3) is 3.79. The van der Waals surface area contributed by atoms with Gasteiger partial charge in [-0.05, 0) is 19.1 Å². The first-order valence-electron chi connectivity index (χ1n) is 4.96. The highest BCUT2D eigenvalue weighted by Crippen LogP contribution is 2.22. The molecule has 0 saturated carbocycles. The molecular weight excluding hydrogens is 224 g/mol. The number of esters is 1. The molecule has 0 aromatic heterocycles. The van der Waals surface area contributed by atoms with Crippen molar-refractivity contribution in [2.75, 3.05) is 20.8 Å². The van der Waals surface area contributed by atoms with Crippen LogP contribution >= 0.6 is 0 Å². The van der Waals surface area contributed by atoms with E-state index in [0.717, 1.165) is 0 Å². The predicted octanol–water partition coefficient (Wildman–Crippen LogP) is 1.45. The summed E-state index contributed by atoms with van der Waals surface area (Å²) < 4.78 is 14.8. The van der Waals surface area contributed by atoms with Gasteiger partial charge in [-0.15, -0.1) is 0 Å². The highest BCUT2D eigenvalue weighted by Gasteiger charge is 2.11. The van der Waals surface area contributed by atoms with E-state index in [1.54, 1.807) is 6.07 Å². The number of benzene rings is 1. The monoisotopic (exact) mass is 238 g/mol. The van der Waals surface area contributed by atoms with E-state index in [1.165, 1.54) is 33.3 Å². The lowest BCUT2D eigenvalue weighted by atomic mass is 10.2. The summed E-state index contributed by atoms with van der Waals surface area (Å²) in [5.41, 5.74) is 0.280. The molecule has 1 aromatic rings. The van der Waals surface area contributed by atoms with Crippen LogP contribution < -0.4 is 9.47 Å². The Bertz CT molecular complexity index is 403. The highest BCUT2D eigenvalue weighted by atomic mass is 16.5. The minimum absolute atomic E-state index is 0.215. The van der Waals surface area contributed by atoms with Gasteiger partial charge in [-0.2, -0.15) is 0 Å². The minimum atomic E-state index is -0.586. The lowest BCUT2D eigenvalue weighted by Gasteiger charge is -2.07. The van der Waals surface area contributed by atoms with Crippen LogP contribution in [0.1, 0.15) is 17.3 Å². The Labute approximate surface area is 99.3 Å². The van der Waals surface area contributed by atoms with Crippen molar-refractivity contribution >= 4 is 11.8 Å². The fraction of sp³-hybridized carbons (Fsp3) is 0.333. The van der Waals surface area contributed by atoms with Crippen LogP contribution in [0.4, 0.5) is 0 Å². The fourth-order valence-electron chi connectivity index (χ4n) is 1.18. The van der Waals surface area contributed by atoms with Crippen LogP contribution in [-0.4, -0.2) is 32.6 Å². The topological polar surface area (TPSA) is 61.8 Å². The first-order valence-corrected chi connectivity index (χ1v) is 4.96. The van der Waals surface area contributed by atoms with Crippen LogP contribution in [0.2, 0.25) is 0 Å². The quantitative estimate of drug-likeness (QED) is 0.726. The average Bonchev–Trinajstić information content (AvgIpc) is 2.34. The van der Waals surface area contributed by atoms with Crippen LogP contribution in [0, 0.1) is 0 Å². The summed E-state index contributed by atoms with van der Waals surface area (Å²) in [7, 11) is 2.97. The number of carbonyl (C=O) groups is 2. The van der Waals surface area contributed by atoms with Crippen LogP contribution in [0.25, 0.3) is 0 Å². The molecule has 92 valence electrons. The van der Waals surface area contributed by atoms with E-state index in [1.807, 2.05) is 0 Å². The highest BCUT2D eigenvalue weighted by molar-refractivity contribution is 5.92. The zero-order valence-corrected chi connectivity index (χ0v) is 9.98. The number of hydrogen-bond donors (Lipinski definition) is 0. The number of ketones is 1. The van der Waals surface area contributed by atoms with E-state index in [9.17, 15) is 9.59 Å². The molecule has 0 bridgehead atoms. The van der Waals surface area contributed by atoms with Gasteiger partial charge >= 0.3 is 5.97 Å². The molecule has 0 N–H and O–H groups in total. The Morgan fingerprint density at radius 3 is 2.00 bits per heavy atom. The Kier molecular flexibility index (Phi) is 4.51. The molecule has 0 aliphatic heterocycles. The molecule has 0 amide bonds. The first-order chi connectivity index (χ1) is 8.06. The SMILES string of the molecule is COc1cc(OC)cc(C(=O)OCC(C)=O)c1. The molecule has 0 heterocycles. The molecule has 0 unspecified atom stereocenters. The summed E-state index contributed by atoms with van der Waals surface area (Å²) in [5.74, 6) is 0.170. The maximum Gasteiger partial charge on any atom is 0.338 e. The Hall–Kier alpha value is -2.04. The van der Waals surface area contributed by atoms with Crippen molar-refractivity contribution in [3.8, 4) is 11.5 Å². The summed E-state index contributed by atoms with van der Waals surface area (Å²) in [6.07, 6.45) is 0. The molecule has 0 aliphatic rings. The smallest absolute Gasteiger partial charge is 0.338 e. The van der Waals surface area contributed by atoms with Gasteiger partial charge in [0.15, 0.2) is 5.78 Å². The van der Waals surface area contributed by atoms with Gasteiger partial charge in [-0.3, -0.25) is 4.79 Å². The molecule has 1 rings (SSSR count). The van der Waals surface area contributed by atoms with Gasteiger partial charge in [0.2, 0.25) is 0 Å². The maximum atomic E-state index is 11.6. The van der Waals surface area contributed by atoms with Gasteiger partial charge in [0, 0.05) is 6.07 Å². The van der Waals surface area contributed by atoms with Crippen molar-refractivity contribution in [3.05, 3.63) is 23.8 Å². The molecule has 5 heteroatoms. The molecule has 17 heavy (non-hydrogen) atoms. The number of methoxy groups -OCH3 is 2. The Morgan fingerprint density at radius 2 is 1.59 bits per heavy atom. The first kappa shape index (κ1) is 13.0. The zero-order valence-electron chi connectivity index (χ0n) is 9.98. The fourth-order valence-corrected chi connectivity index (χ4v) is 1.18. The summed E-state index contributed by atoms with van der Waals surface area (Å²) in [6, 6.07) is 4.68. The molecule has 0 spiro atoms. The van der Waals surface area contributed by atoms with Gasteiger partial charge < -0.3 is 14.2 Å². The van der Waals surface area contributed by atoms with Gasteiger partial charge in [-0.25, -0.2) is 4.79 Å². The van der Waals surface area contributed by atoms with Crippen LogP contribution in [0.5, 0.6) is 11.5 Å². The largest absolute Gasteiger partial charge is 0.497 e. The molecular formula is C12H14O5. The Balaban J connectivity index is 2.88. The number of rotatable bonds is 5. The second kappa shape index (κ2) is 5.89. The van der Waals surface area contributed by atoms with E-state index in [0.29, 0.717) is 11.5 Å². The van der Waals surface area contributed by atoms with Gasteiger partial charge in [-0.1, -0.05) is 0 Å². The summed E-state index contributed by atoms with van der Waals surface area (Å²) in [4.78, 5) is 22.3. The lowest BCUT2D eigenvalue weighted by Crippen LogP contribution is -2.11. The number of Topliss-reactive ketones (excluding diaryl/α,β-unsaturated/α-hetero) is 1. The predicted molar refractivity (Wildman–Crippen MR) is 60.5 cm³/mol. The van der Waals surface area contributed by atoms with E-state index >= 15 is 0 Å². The molecule has 5 nitrogen and oxygen atoms in total. The Morgan fingerprint density at radius 1 is 1.06 bits per heavy atom. The zero-order chi connectivity index (χ0) is 12.8. The van der Waals surface area contributed by atoms with Crippen LogP contribution in [0.3, 0.4) is 0 Å². The van der Waals surface area contributed by atoms with E-state index in [2.05, 4.69) is 0 Å².